The van der Waals surface area contributed by atoms with E-state index in [0.29, 0.717) is 13.2 Å². The highest BCUT2D eigenvalue weighted by atomic mass is 35.5. The molecule has 1 atom stereocenters. The maximum atomic E-state index is 6.23. The van der Waals surface area contributed by atoms with Crippen LogP contribution in [0.25, 0.3) is 0 Å². The minimum absolute atomic E-state index is 0.0451. The van der Waals surface area contributed by atoms with Gasteiger partial charge in [-0.1, -0.05) is 29.8 Å². The largest absolute Gasteiger partial charge is 0.383 e. The summed E-state index contributed by atoms with van der Waals surface area (Å²) in [6.45, 7) is 4.10. The van der Waals surface area contributed by atoms with Gasteiger partial charge < -0.3 is 15.2 Å². The van der Waals surface area contributed by atoms with E-state index in [1.165, 1.54) is 0 Å². The number of hydrogen-bond acceptors (Lipinski definition) is 4. The van der Waals surface area contributed by atoms with Crippen molar-refractivity contribution < 1.29 is 9.47 Å². The molecule has 0 aliphatic rings. The van der Waals surface area contributed by atoms with Gasteiger partial charge in [-0.2, -0.15) is 0 Å². The first-order valence-corrected chi connectivity index (χ1v) is 7.27. The predicted molar refractivity (Wildman–Crippen MR) is 83.2 cm³/mol. The van der Waals surface area contributed by atoms with E-state index in [-0.39, 0.29) is 6.04 Å². The lowest BCUT2D eigenvalue weighted by atomic mass is 10.0. The van der Waals surface area contributed by atoms with Gasteiger partial charge in [-0.25, -0.2) is 0 Å². The van der Waals surface area contributed by atoms with Crippen molar-refractivity contribution in [2.45, 2.75) is 12.5 Å². The Hall–Kier alpha value is -0.650. The molecule has 0 bridgehead atoms. The van der Waals surface area contributed by atoms with Crippen LogP contribution in [0.4, 0.5) is 0 Å². The van der Waals surface area contributed by atoms with Gasteiger partial charge in [0.1, 0.15) is 0 Å². The maximum absolute atomic E-state index is 6.23. The lowest BCUT2D eigenvalue weighted by Gasteiger charge is -2.23. The van der Waals surface area contributed by atoms with Crippen LogP contribution in [0.5, 0.6) is 0 Å². The molecule has 0 spiro atoms. The fourth-order valence-corrected chi connectivity index (χ4v) is 2.31. The quantitative estimate of drug-likeness (QED) is 0.720. The number of rotatable bonds is 10. The topological polar surface area (TPSA) is 47.7 Å². The highest BCUT2D eigenvalue weighted by molar-refractivity contribution is 6.31. The third kappa shape index (κ3) is 6.20. The summed E-state index contributed by atoms with van der Waals surface area (Å²) in [6, 6.07) is 7.71. The van der Waals surface area contributed by atoms with Gasteiger partial charge in [-0.15, -0.1) is 0 Å². The zero-order valence-corrected chi connectivity index (χ0v) is 13.1. The normalized spacial score (nSPS) is 12.8. The van der Waals surface area contributed by atoms with Crippen molar-refractivity contribution in [2.24, 2.45) is 5.73 Å². The first kappa shape index (κ1) is 17.4. The summed E-state index contributed by atoms with van der Waals surface area (Å²) in [4.78, 5) is 2.30. The summed E-state index contributed by atoms with van der Waals surface area (Å²) in [7, 11) is 3.42. The molecule has 5 heteroatoms. The van der Waals surface area contributed by atoms with Crippen molar-refractivity contribution >= 4 is 11.6 Å². The molecule has 114 valence electrons. The molecule has 2 N–H and O–H groups in total. The second-order valence-electron chi connectivity index (χ2n) is 4.74. The third-order valence-electron chi connectivity index (χ3n) is 3.28. The Morgan fingerprint density at radius 2 is 1.70 bits per heavy atom. The predicted octanol–water partition coefficient (Wildman–Crippen LogP) is 2.32. The molecule has 0 aliphatic carbocycles. The lowest BCUT2D eigenvalue weighted by Crippen LogP contribution is -2.33. The number of benzene rings is 1. The SMILES string of the molecule is COCCN(CCOC)CCC(N)c1ccccc1Cl. The number of methoxy groups -OCH3 is 2. The number of nitrogens with two attached hydrogens (primary N) is 1. The fraction of sp³-hybridized carbons (Fsp3) is 0.600. The van der Waals surface area contributed by atoms with Gasteiger partial charge in [0.15, 0.2) is 0 Å². The molecule has 1 rings (SSSR count). The number of ether oxygens (including phenoxy) is 2. The first-order chi connectivity index (χ1) is 9.69. The summed E-state index contributed by atoms with van der Waals surface area (Å²) < 4.78 is 10.3. The van der Waals surface area contributed by atoms with E-state index in [4.69, 9.17) is 26.8 Å². The first-order valence-electron chi connectivity index (χ1n) is 6.89. The average molecular weight is 301 g/mol. The molecule has 0 saturated heterocycles. The van der Waals surface area contributed by atoms with Crippen LogP contribution in [0.15, 0.2) is 24.3 Å². The van der Waals surface area contributed by atoms with E-state index in [1.54, 1.807) is 14.2 Å². The summed E-state index contributed by atoms with van der Waals surface area (Å²) in [6.07, 6.45) is 0.858. The Morgan fingerprint density at radius 3 is 2.25 bits per heavy atom. The van der Waals surface area contributed by atoms with Crippen LogP contribution in [0.1, 0.15) is 18.0 Å². The van der Waals surface area contributed by atoms with E-state index in [2.05, 4.69) is 4.90 Å². The summed E-state index contributed by atoms with van der Waals surface area (Å²) in [5, 5.41) is 0.736. The van der Waals surface area contributed by atoms with Gasteiger partial charge in [0, 0.05) is 44.9 Å². The smallest absolute Gasteiger partial charge is 0.0589 e. The molecule has 0 fully saturated rings. The Balaban J connectivity index is 2.46. The summed E-state index contributed by atoms with van der Waals surface area (Å²) in [5.41, 5.74) is 7.23. The van der Waals surface area contributed by atoms with E-state index < -0.39 is 0 Å². The molecule has 1 aromatic carbocycles. The zero-order valence-electron chi connectivity index (χ0n) is 12.3. The minimum Gasteiger partial charge on any atom is -0.383 e. The number of hydrogen-bond donors (Lipinski definition) is 1. The van der Waals surface area contributed by atoms with E-state index in [0.717, 1.165) is 36.6 Å². The highest BCUT2D eigenvalue weighted by Gasteiger charge is 2.12. The molecular formula is C15H25ClN2O2. The van der Waals surface area contributed by atoms with Gasteiger partial charge in [-0.05, 0) is 18.1 Å². The van der Waals surface area contributed by atoms with E-state index in [9.17, 15) is 0 Å². The zero-order chi connectivity index (χ0) is 14.8. The van der Waals surface area contributed by atoms with Gasteiger partial charge >= 0.3 is 0 Å². The fourth-order valence-electron chi connectivity index (χ4n) is 2.03. The summed E-state index contributed by atoms with van der Waals surface area (Å²) in [5.74, 6) is 0. The second-order valence-corrected chi connectivity index (χ2v) is 5.15. The molecule has 0 aliphatic heterocycles. The van der Waals surface area contributed by atoms with Crippen LogP contribution in [0.3, 0.4) is 0 Å². The van der Waals surface area contributed by atoms with Crippen LogP contribution in [0.2, 0.25) is 5.02 Å². The van der Waals surface area contributed by atoms with Crippen LogP contribution in [-0.4, -0.2) is 52.0 Å². The van der Waals surface area contributed by atoms with Crippen LogP contribution in [-0.2, 0) is 9.47 Å². The van der Waals surface area contributed by atoms with E-state index >= 15 is 0 Å². The number of nitrogens with zero attached hydrogens (tertiary/aromatic N) is 1. The number of halogens is 1. The van der Waals surface area contributed by atoms with E-state index in [1.807, 2.05) is 24.3 Å². The molecule has 0 radical (unpaired) electrons. The van der Waals surface area contributed by atoms with Crippen molar-refractivity contribution in [2.75, 3.05) is 47.1 Å². The van der Waals surface area contributed by atoms with Gasteiger partial charge in [0.05, 0.1) is 13.2 Å². The molecule has 0 heterocycles. The molecule has 4 nitrogen and oxygen atoms in total. The maximum Gasteiger partial charge on any atom is 0.0589 e. The van der Waals surface area contributed by atoms with Crippen LogP contribution in [0, 0.1) is 0 Å². The van der Waals surface area contributed by atoms with Gasteiger partial charge in [-0.3, -0.25) is 4.90 Å². The molecule has 1 aromatic rings. The van der Waals surface area contributed by atoms with Crippen molar-refractivity contribution in [3.05, 3.63) is 34.9 Å². The molecule has 0 saturated carbocycles. The van der Waals surface area contributed by atoms with Gasteiger partial charge in [0.25, 0.3) is 0 Å². The Bertz CT molecular complexity index is 369. The Kier molecular flexibility index (Phi) is 8.82. The van der Waals surface area contributed by atoms with Gasteiger partial charge in [0.2, 0.25) is 0 Å². The molecule has 0 amide bonds. The standard InChI is InChI=1S/C15H25ClN2O2/c1-19-11-9-18(10-12-20-2)8-7-15(17)13-5-3-4-6-14(13)16/h3-6,15H,7-12,17H2,1-2H3. The minimum atomic E-state index is -0.0451. The van der Waals surface area contributed by atoms with Crippen LogP contribution < -0.4 is 5.73 Å². The molecule has 0 aromatic heterocycles. The highest BCUT2D eigenvalue weighted by Crippen LogP contribution is 2.23. The van der Waals surface area contributed by atoms with Crippen LogP contribution >= 0.6 is 11.6 Å². The lowest BCUT2D eigenvalue weighted by molar-refractivity contribution is 0.112. The monoisotopic (exact) mass is 300 g/mol. The molecule has 1 unspecified atom stereocenters. The third-order valence-corrected chi connectivity index (χ3v) is 3.63. The van der Waals surface area contributed by atoms with Crippen molar-refractivity contribution in [1.29, 1.82) is 0 Å². The second kappa shape index (κ2) is 10.1. The molecule has 20 heavy (non-hydrogen) atoms. The van der Waals surface area contributed by atoms with Crippen molar-refractivity contribution in [1.82, 2.24) is 4.90 Å². The Morgan fingerprint density at radius 1 is 1.10 bits per heavy atom. The Labute approximate surface area is 126 Å². The van der Waals surface area contributed by atoms with Crippen molar-refractivity contribution in [3.63, 3.8) is 0 Å². The average Bonchev–Trinajstić information content (AvgIpc) is 2.46. The summed E-state index contributed by atoms with van der Waals surface area (Å²) >= 11 is 6.17. The molecular weight excluding hydrogens is 276 g/mol. The van der Waals surface area contributed by atoms with Crippen molar-refractivity contribution in [3.8, 4) is 0 Å².